The van der Waals surface area contributed by atoms with Gasteiger partial charge in [0.2, 0.25) is 0 Å². The Kier molecular flexibility index (Phi) is 5.17. The Morgan fingerprint density at radius 2 is 1.93 bits per heavy atom. The molecule has 4 aromatic rings. The molecule has 7 nitrogen and oxygen atoms in total. The predicted molar refractivity (Wildman–Crippen MR) is 106 cm³/mol. The van der Waals surface area contributed by atoms with Crippen molar-refractivity contribution in [3.63, 3.8) is 0 Å². The molecular weight excluding hydrogens is 397 g/mol. The molecule has 0 aliphatic rings. The number of aromatic nitrogens is 4. The Morgan fingerprint density at radius 1 is 1.10 bits per heavy atom. The number of carbonyl (C=O) groups is 1. The van der Waals surface area contributed by atoms with Gasteiger partial charge in [0.15, 0.2) is 11.6 Å². The first-order chi connectivity index (χ1) is 14.1. The molecule has 4 rings (SSSR count). The molecule has 0 fully saturated rings. The van der Waals surface area contributed by atoms with E-state index in [9.17, 15) is 9.18 Å². The van der Waals surface area contributed by atoms with E-state index in [1.165, 1.54) is 35.2 Å². The predicted octanol–water partition coefficient (Wildman–Crippen LogP) is 4.36. The highest BCUT2D eigenvalue weighted by atomic mass is 35.5. The zero-order valence-electron chi connectivity index (χ0n) is 14.8. The number of nitrogens with one attached hydrogen (secondary N) is 1. The summed E-state index contributed by atoms with van der Waals surface area (Å²) >= 11 is 5.80. The van der Waals surface area contributed by atoms with Crippen LogP contribution < -0.4 is 5.32 Å². The fraction of sp³-hybridized carbons (Fsp3) is 0. The van der Waals surface area contributed by atoms with Crippen LogP contribution in [-0.2, 0) is 4.79 Å². The number of amides is 1. The Bertz CT molecular complexity index is 1170. The van der Waals surface area contributed by atoms with Crippen LogP contribution in [0.3, 0.4) is 0 Å². The average Bonchev–Trinajstić information content (AvgIpc) is 3.42. The molecule has 0 spiro atoms. The second kappa shape index (κ2) is 8.07. The number of hydrogen-bond acceptors (Lipinski definition) is 5. The molecule has 0 saturated heterocycles. The van der Waals surface area contributed by atoms with Crippen molar-refractivity contribution in [1.82, 2.24) is 20.2 Å². The summed E-state index contributed by atoms with van der Waals surface area (Å²) in [5, 5.41) is 14.0. The van der Waals surface area contributed by atoms with E-state index in [1.54, 1.807) is 24.3 Å². The molecule has 0 radical (unpaired) electrons. The van der Waals surface area contributed by atoms with Gasteiger partial charge >= 0.3 is 0 Å². The van der Waals surface area contributed by atoms with Gasteiger partial charge in [-0.15, -0.1) is 5.10 Å². The van der Waals surface area contributed by atoms with Gasteiger partial charge in [0.25, 0.3) is 5.91 Å². The Hall–Kier alpha value is -3.78. The summed E-state index contributed by atoms with van der Waals surface area (Å²) in [6, 6.07) is 16.8. The summed E-state index contributed by atoms with van der Waals surface area (Å²) in [5.41, 5.74) is 0.662. The second-order valence-corrected chi connectivity index (χ2v) is 6.29. The van der Waals surface area contributed by atoms with E-state index in [2.05, 4.69) is 20.8 Å². The molecule has 0 aliphatic heterocycles. The summed E-state index contributed by atoms with van der Waals surface area (Å²) in [6.45, 7) is 0. The third kappa shape index (κ3) is 3.92. The standard InChI is InChI=1S/C20H13ClFN5O2/c21-15-9-4-10-16(18(15)22)23-20(28)17(12-14-8-5-11-29-14)27-19(24-25-26-27)13-6-2-1-3-7-13/h1-12H,(H,23,28)/b17-12-. The molecule has 2 aromatic carbocycles. The summed E-state index contributed by atoms with van der Waals surface area (Å²) in [7, 11) is 0. The van der Waals surface area contributed by atoms with Crippen molar-refractivity contribution in [2.45, 2.75) is 0 Å². The number of furan rings is 1. The molecule has 2 heterocycles. The number of benzene rings is 2. The van der Waals surface area contributed by atoms with Crippen molar-refractivity contribution >= 4 is 35.0 Å². The number of nitrogens with zero attached hydrogens (tertiary/aromatic N) is 4. The van der Waals surface area contributed by atoms with Crippen LogP contribution in [0.5, 0.6) is 0 Å². The van der Waals surface area contributed by atoms with E-state index in [4.69, 9.17) is 16.0 Å². The van der Waals surface area contributed by atoms with Gasteiger partial charge in [-0.3, -0.25) is 4.79 Å². The summed E-state index contributed by atoms with van der Waals surface area (Å²) in [4.78, 5) is 13.0. The molecule has 144 valence electrons. The molecule has 9 heteroatoms. The van der Waals surface area contributed by atoms with Crippen LogP contribution in [-0.4, -0.2) is 26.1 Å². The largest absolute Gasteiger partial charge is 0.465 e. The van der Waals surface area contributed by atoms with Crippen LogP contribution in [0.2, 0.25) is 5.02 Å². The van der Waals surface area contributed by atoms with E-state index in [-0.39, 0.29) is 16.4 Å². The van der Waals surface area contributed by atoms with Crippen molar-refractivity contribution < 1.29 is 13.6 Å². The fourth-order valence-electron chi connectivity index (χ4n) is 2.63. The highest BCUT2D eigenvalue weighted by Gasteiger charge is 2.21. The van der Waals surface area contributed by atoms with Crippen molar-refractivity contribution in [3.05, 3.63) is 83.5 Å². The van der Waals surface area contributed by atoms with Crippen LogP contribution in [0.1, 0.15) is 5.76 Å². The van der Waals surface area contributed by atoms with Gasteiger partial charge in [0, 0.05) is 11.6 Å². The van der Waals surface area contributed by atoms with Crippen LogP contribution in [0, 0.1) is 5.82 Å². The molecule has 2 aromatic heterocycles. The summed E-state index contributed by atoms with van der Waals surface area (Å²) < 4.78 is 20.8. The van der Waals surface area contributed by atoms with Gasteiger partial charge in [-0.05, 0) is 34.7 Å². The van der Waals surface area contributed by atoms with E-state index < -0.39 is 11.7 Å². The number of rotatable bonds is 5. The topological polar surface area (TPSA) is 85.8 Å². The maximum atomic E-state index is 14.3. The minimum absolute atomic E-state index is 0.0307. The lowest BCUT2D eigenvalue weighted by atomic mass is 10.2. The lowest BCUT2D eigenvalue weighted by Gasteiger charge is -2.11. The van der Waals surface area contributed by atoms with Gasteiger partial charge in [-0.25, -0.2) is 4.39 Å². The van der Waals surface area contributed by atoms with Crippen LogP contribution in [0.15, 0.2) is 71.3 Å². The van der Waals surface area contributed by atoms with E-state index in [1.807, 2.05) is 18.2 Å². The molecule has 0 unspecified atom stereocenters. The highest BCUT2D eigenvalue weighted by molar-refractivity contribution is 6.31. The maximum absolute atomic E-state index is 14.3. The van der Waals surface area contributed by atoms with Crippen molar-refractivity contribution in [2.75, 3.05) is 5.32 Å². The van der Waals surface area contributed by atoms with Crippen molar-refractivity contribution in [1.29, 1.82) is 0 Å². The molecule has 0 atom stereocenters. The normalized spacial score (nSPS) is 11.4. The minimum Gasteiger partial charge on any atom is -0.465 e. The Labute approximate surface area is 169 Å². The zero-order chi connectivity index (χ0) is 20.2. The molecule has 0 bridgehead atoms. The Balaban J connectivity index is 1.77. The van der Waals surface area contributed by atoms with Gasteiger partial charge in [-0.2, -0.15) is 4.68 Å². The minimum atomic E-state index is -0.736. The van der Waals surface area contributed by atoms with Gasteiger partial charge in [0.05, 0.1) is 17.0 Å². The smallest absolute Gasteiger partial charge is 0.274 e. The van der Waals surface area contributed by atoms with E-state index in [0.717, 1.165) is 0 Å². The van der Waals surface area contributed by atoms with Gasteiger partial charge in [0.1, 0.15) is 11.5 Å². The Morgan fingerprint density at radius 3 is 2.69 bits per heavy atom. The molecule has 1 amide bonds. The second-order valence-electron chi connectivity index (χ2n) is 5.88. The fourth-order valence-corrected chi connectivity index (χ4v) is 2.81. The zero-order valence-corrected chi connectivity index (χ0v) is 15.5. The molecule has 0 saturated carbocycles. The van der Waals surface area contributed by atoms with Crippen LogP contribution >= 0.6 is 11.6 Å². The number of halogens is 2. The van der Waals surface area contributed by atoms with E-state index >= 15 is 0 Å². The van der Waals surface area contributed by atoms with Crippen molar-refractivity contribution in [3.8, 4) is 11.4 Å². The quantitative estimate of drug-likeness (QED) is 0.495. The third-order valence-electron chi connectivity index (χ3n) is 3.98. The number of anilines is 1. The lowest BCUT2D eigenvalue weighted by molar-refractivity contribution is -0.111. The monoisotopic (exact) mass is 409 g/mol. The van der Waals surface area contributed by atoms with Crippen molar-refractivity contribution in [2.24, 2.45) is 0 Å². The van der Waals surface area contributed by atoms with Gasteiger partial charge in [-0.1, -0.05) is 48.0 Å². The summed E-state index contributed by atoms with van der Waals surface area (Å²) in [5.74, 6) is -0.645. The first-order valence-corrected chi connectivity index (χ1v) is 8.86. The molecule has 1 N–H and O–H groups in total. The first kappa shape index (κ1) is 18.6. The SMILES string of the molecule is O=C(Nc1cccc(Cl)c1F)/C(=C/c1ccco1)n1nnnc1-c1ccccc1. The van der Waals surface area contributed by atoms with Crippen LogP contribution in [0.4, 0.5) is 10.1 Å². The molecule has 29 heavy (non-hydrogen) atoms. The van der Waals surface area contributed by atoms with Gasteiger partial charge < -0.3 is 9.73 Å². The number of tetrazole rings is 1. The molecular formula is C20H13ClFN5O2. The highest BCUT2D eigenvalue weighted by Crippen LogP contribution is 2.25. The summed E-state index contributed by atoms with van der Waals surface area (Å²) in [6.07, 6.45) is 2.93. The maximum Gasteiger partial charge on any atom is 0.274 e. The first-order valence-electron chi connectivity index (χ1n) is 8.48. The van der Waals surface area contributed by atoms with E-state index in [0.29, 0.717) is 17.1 Å². The third-order valence-corrected chi connectivity index (χ3v) is 4.28. The lowest BCUT2D eigenvalue weighted by Crippen LogP contribution is -2.20. The molecule has 0 aliphatic carbocycles. The number of carbonyl (C=O) groups excluding carboxylic acids is 1. The average molecular weight is 410 g/mol. The number of hydrogen-bond donors (Lipinski definition) is 1. The van der Waals surface area contributed by atoms with Crippen LogP contribution in [0.25, 0.3) is 23.2 Å².